The molecule has 0 bridgehead atoms. The molecule has 0 atom stereocenters. The van der Waals surface area contributed by atoms with Gasteiger partial charge in [0.1, 0.15) is 0 Å². The number of hydrogen-bond donors (Lipinski definition) is 1. The van der Waals surface area contributed by atoms with Crippen LogP contribution in [0.5, 0.6) is 0 Å². The molecule has 1 saturated heterocycles. The molecule has 1 heterocycles. The second-order valence-corrected chi connectivity index (χ2v) is 5.72. The predicted molar refractivity (Wildman–Crippen MR) is 78.0 cm³/mol. The number of piperidine rings is 1. The first kappa shape index (κ1) is 14.1. The van der Waals surface area contributed by atoms with Crippen LogP contribution in [-0.4, -0.2) is 38.0 Å². The molecule has 104 valence electrons. The molecular formula is C16H24N2O. The number of nitrogens with zero attached hydrogens (tertiary/aromatic N) is 1. The maximum absolute atomic E-state index is 12.5. The van der Waals surface area contributed by atoms with Gasteiger partial charge in [0.2, 0.25) is 5.91 Å². The molecular weight excluding hydrogens is 236 g/mol. The van der Waals surface area contributed by atoms with Gasteiger partial charge in [-0.3, -0.25) is 4.79 Å². The van der Waals surface area contributed by atoms with Gasteiger partial charge in [-0.05, 0) is 44.3 Å². The number of hydrogen-bond acceptors (Lipinski definition) is 2. The summed E-state index contributed by atoms with van der Waals surface area (Å²) >= 11 is 0. The van der Waals surface area contributed by atoms with Crippen LogP contribution >= 0.6 is 0 Å². The molecule has 1 aromatic carbocycles. The van der Waals surface area contributed by atoms with E-state index >= 15 is 0 Å². The minimum absolute atomic E-state index is 0.162. The summed E-state index contributed by atoms with van der Waals surface area (Å²) < 4.78 is 0. The van der Waals surface area contributed by atoms with Gasteiger partial charge in [0.15, 0.2) is 0 Å². The highest BCUT2D eigenvalue weighted by Gasteiger charge is 2.39. The number of amides is 1. The van der Waals surface area contributed by atoms with E-state index < -0.39 is 0 Å². The van der Waals surface area contributed by atoms with E-state index in [-0.39, 0.29) is 5.41 Å². The van der Waals surface area contributed by atoms with Crippen molar-refractivity contribution in [3.05, 3.63) is 35.9 Å². The zero-order chi connectivity index (χ0) is 13.7. The Labute approximate surface area is 116 Å². The van der Waals surface area contributed by atoms with Crippen LogP contribution < -0.4 is 5.32 Å². The molecule has 1 aromatic rings. The van der Waals surface area contributed by atoms with Gasteiger partial charge in [-0.2, -0.15) is 0 Å². The first-order valence-corrected chi connectivity index (χ1v) is 7.10. The highest BCUT2D eigenvalue weighted by Crippen LogP contribution is 2.35. The van der Waals surface area contributed by atoms with Gasteiger partial charge in [0.25, 0.3) is 0 Å². The largest absolute Gasteiger partial charge is 0.348 e. The summed E-state index contributed by atoms with van der Waals surface area (Å²) in [5.74, 6) is 0.296. The second kappa shape index (κ2) is 6.20. The van der Waals surface area contributed by atoms with E-state index in [4.69, 9.17) is 0 Å². The van der Waals surface area contributed by atoms with Crippen molar-refractivity contribution in [3.63, 3.8) is 0 Å². The summed E-state index contributed by atoms with van der Waals surface area (Å²) in [6, 6.07) is 10.5. The minimum atomic E-state index is -0.162. The maximum atomic E-state index is 12.5. The van der Waals surface area contributed by atoms with Gasteiger partial charge in [0, 0.05) is 14.1 Å². The number of aryl methyl sites for hydroxylation is 1. The molecule has 2 rings (SSSR count). The fourth-order valence-corrected chi connectivity index (χ4v) is 2.98. The molecule has 0 radical (unpaired) electrons. The van der Waals surface area contributed by atoms with Gasteiger partial charge >= 0.3 is 0 Å². The van der Waals surface area contributed by atoms with Gasteiger partial charge in [-0.25, -0.2) is 0 Å². The topological polar surface area (TPSA) is 32.3 Å². The summed E-state index contributed by atoms with van der Waals surface area (Å²) in [5, 5.41) is 3.36. The fraction of sp³-hybridized carbons (Fsp3) is 0.562. The van der Waals surface area contributed by atoms with E-state index in [2.05, 4.69) is 29.6 Å². The van der Waals surface area contributed by atoms with Crippen LogP contribution in [0.2, 0.25) is 0 Å². The zero-order valence-electron chi connectivity index (χ0n) is 12.0. The summed E-state index contributed by atoms with van der Waals surface area (Å²) in [6.45, 7) is 1.91. The van der Waals surface area contributed by atoms with E-state index in [1.807, 2.05) is 20.2 Å². The molecule has 1 aliphatic rings. The lowest BCUT2D eigenvalue weighted by Crippen LogP contribution is -2.47. The van der Waals surface area contributed by atoms with Crippen molar-refractivity contribution in [2.24, 2.45) is 5.41 Å². The average Bonchev–Trinajstić information content (AvgIpc) is 2.46. The molecule has 1 amide bonds. The van der Waals surface area contributed by atoms with Crippen LogP contribution in [0.4, 0.5) is 0 Å². The molecule has 19 heavy (non-hydrogen) atoms. The van der Waals surface area contributed by atoms with Crippen molar-refractivity contribution in [1.29, 1.82) is 0 Å². The number of rotatable bonds is 4. The molecule has 0 spiro atoms. The van der Waals surface area contributed by atoms with Crippen molar-refractivity contribution in [3.8, 4) is 0 Å². The molecule has 3 nitrogen and oxygen atoms in total. The lowest BCUT2D eigenvalue weighted by atomic mass is 9.73. The Morgan fingerprint density at radius 1 is 1.21 bits per heavy atom. The lowest BCUT2D eigenvalue weighted by Gasteiger charge is -2.38. The van der Waals surface area contributed by atoms with E-state index in [1.54, 1.807) is 4.90 Å². The number of carbonyl (C=O) groups is 1. The Balaban J connectivity index is 2.08. The van der Waals surface area contributed by atoms with E-state index in [1.165, 1.54) is 5.56 Å². The molecule has 1 aliphatic heterocycles. The molecule has 1 fully saturated rings. The van der Waals surface area contributed by atoms with Crippen LogP contribution in [-0.2, 0) is 11.2 Å². The van der Waals surface area contributed by atoms with Gasteiger partial charge in [-0.15, -0.1) is 0 Å². The number of benzene rings is 1. The normalized spacial score (nSPS) is 18.0. The maximum Gasteiger partial charge on any atom is 0.228 e. The standard InChI is InChI=1S/C16H24N2O/c1-18(2)15(19)16(10-12-17-13-11-16)9-8-14-6-4-3-5-7-14/h3-7,17H,8-13H2,1-2H3. The Bertz CT molecular complexity index is 408. The molecule has 0 unspecified atom stereocenters. The summed E-state index contributed by atoms with van der Waals surface area (Å²) in [5.41, 5.74) is 1.16. The zero-order valence-corrected chi connectivity index (χ0v) is 12.0. The van der Waals surface area contributed by atoms with Crippen LogP contribution in [0.1, 0.15) is 24.8 Å². The fourth-order valence-electron chi connectivity index (χ4n) is 2.98. The van der Waals surface area contributed by atoms with Gasteiger partial charge in [-0.1, -0.05) is 30.3 Å². The SMILES string of the molecule is CN(C)C(=O)C1(CCc2ccccc2)CCNCC1. The van der Waals surface area contributed by atoms with Crippen molar-refractivity contribution in [1.82, 2.24) is 10.2 Å². The Hall–Kier alpha value is -1.35. The monoisotopic (exact) mass is 260 g/mol. The Morgan fingerprint density at radius 3 is 2.42 bits per heavy atom. The number of carbonyl (C=O) groups excluding carboxylic acids is 1. The second-order valence-electron chi connectivity index (χ2n) is 5.72. The summed E-state index contributed by atoms with van der Waals surface area (Å²) in [7, 11) is 3.74. The van der Waals surface area contributed by atoms with Gasteiger partial charge in [0.05, 0.1) is 5.41 Å². The summed E-state index contributed by atoms with van der Waals surface area (Å²) in [6.07, 6.45) is 3.85. The Morgan fingerprint density at radius 2 is 1.84 bits per heavy atom. The smallest absolute Gasteiger partial charge is 0.228 e. The van der Waals surface area contributed by atoms with Crippen LogP contribution in [0.25, 0.3) is 0 Å². The van der Waals surface area contributed by atoms with E-state index in [0.717, 1.165) is 38.8 Å². The predicted octanol–water partition coefficient (Wildman–Crippen LogP) is 2.08. The minimum Gasteiger partial charge on any atom is -0.348 e. The third-order valence-corrected chi connectivity index (χ3v) is 4.16. The highest BCUT2D eigenvalue weighted by atomic mass is 16.2. The molecule has 0 saturated carbocycles. The average molecular weight is 260 g/mol. The molecule has 0 aliphatic carbocycles. The third kappa shape index (κ3) is 3.35. The van der Waals surface area contributed by atoms with Crippen LogP contribution in [0, 0.1) is 5.41 Å². The van der Waals surface area contributed by atoms with Crippen molar-refractivity contribution < 1.29 is 4.79 Å². The Kier molecular flexibility index (Phi) is 4.59. The molecule has 1 N–H and O–H groups in total. The summed E-state index contributed by atoms with van der Waals surface area (Å²) in [4.78, 5) is 14.3. The molecule has 3 heteroatoms. The van der Waals surface area contributed by atoms with E-state index in [9.17, 15) is 4.79 Å². The van der Waals surface area contributed by atoms with Crippen molar-refractivity contribution in [2.75, 3.05) is 27.2 Å². The lowest BCUT2D eigenvalue weighted by molar-refractivity contribution is -0.141. The first-order valence-electron chi connectivity index (χ1n) is 7.10. The number of nitrogens with one attached hydrogen (secondary N) is 1. The third-order valence-electron chi connectivity index (χ3n) is 4.16. The first-order chi connectivity index (χ1) is 9.14. The van der Waals surface area contributed by atoms with Crippen LogP contribution in [0.15, 0.2) is 30.3 Å². The van der Waals surface area contributed by atoms with E-state index in [0.29, 0.717) is 5.91 Å². The quantitative estimate of drug-likeness (QED) is 0.899. The van der Waals surface area contributed by atoms with Crippen LogP contribution in [0.3, 0.4) is 0 Å². The molecule has 0 aromatic heterocycles. The van der Waals surface area contributed by atoms with Crippen molar-refractivity contribution >= 4 is 5.91 Å². The van der Waals surface area contributed by atoms with Gasteiger partial charge < -0.3 is 10.2 Å². The highest BCUT2D eigenvalue weighted by molar-refractivity contribution is 5.82. The van der Waals surface area contributed by atoms with Crippen molar-refractivity contribution in [2.45, 2.75) is 25.7 Å².